The second kappa shape index (κ2) is 6.23. The second-order valence-electron chi connectivity index (χ2n) is 6.77. The summed E-state index contributed by atoms with van der Waals surface area (Å²) in [6.45, 7) is 9.79. The van der Waals surface area contributed by atoms with E-state index in [0.717, 1.165) is 32.2 Å². The standard InChI is InChI=1S/C15H28N2O2/c1-15(2)7-4-3-5-13(15)17-11-9-16(10-12-17)8-6-14(18)19/h13H,3-12H2,1-2H3,(H,18,19). The Morgan fingerprint density at radius 2 is 1.89 bits per heavy atom. The monoisotopic (exact) mass is 268 g/mol. The average molecular weight is 268 g/mol. The zero-order valence-corrected chi connectivity index (χ0v) is 12.4. The quantitative estimate of drug-likeness (QED) is 0.847. The molecule has 2 aliphatic rings. The third-order valence-corrected chi connectivity index (χ3v) is 4.94. The molecule has 1 heterocycles. The molecule has 1 saturated carbocycles. The van der Waals surface area contributed by atoms with Crippen LogP contribution in [0.4, 0.5) is 0 Å². The van der Waals surface area contributed by atoms with E-state index in [-0.39, 0.29) is 6.42 Å². The van der Waals surface area contributed by atoms with Crippen molar-refractivity contribution >= 4 is 5.97 Å². The topological polar surface area (TPSA) is 43.8 Å². The summed E-state index contributed by atoms with van der Waals surface area (Å²) in [5.74, 6) is -0.684. The Balaban J connectivity index is 1.80. The Morgan fingerprint density at radius 1 is 1.21 bits per heavy atom. The van der Waals surface area contributed by atoms with Crippen LogP contribution in [0.2, 0.25) is 0 Å². The van der Waals surface area contributed by atoms with Gasteiger partial charge in [0.25, 0.3) is 0 Å². The van der Waals surface area contributed by atoms with Gasteiger partial charge in [0.05, 0.1) is 6.42 Å². The first-order valence-electron chi connectivity index (χ1n) is 7.67. The van der Waals surface area contributed by atoms with Gasteiger partial charge in [-0.2, -0.15) is 0 Å². The first-order valence-corrected chi connectivity index (χ1v) is 7.67. The Kier molecular flexibility index (Phi) is 4.85. The van der Waals surface area contributed by atoms with E-state index < -0.39 is 5.97 Å². The first kappa shape index (κ1) is 14.8. The van der Waals surface area contributed by atoms with E-state index in [0.29, 0.717) is 12.0 Å². The van der Waals surface area contributed by atoms with Crippen molar-refractivity contribution in [3.63, 3.8) is 0 Å². The maximum atomic E-state index is 10.6. The van der Waals surface area contributed by atoms with E-state index in [1.54, 1.807) is 0 Å². The lowest BCUT2D eigenvalue weighted by atomic mass is 9.72. The predicted molar refractivity (Wildman–Crippen MR) is 76.3 cm³/mol. The molecule has 1 saturated heterocycles. The summed E-state index contributed by atoms with van der Waals surface area (Å²) >= 11 is 0. The van der Waals surface area contributed by atoms with Crippen LogP contribution in [0.25, 0.3) is 0 Å². The lowest BCUT2D eigenvalue weighted by Gasteiger charge is -2.48. The van der Waals surface area contributed by atoms with Crippen molar-refractivity contribution in [3.05, 3.63) is 0 Å². The van der Waals surface area contributed by atoms with Crippen molar-refractivity contribution < 1.29 is 9.90 Å². The Labute approximate surface area is 116 Å². The van der Waals surface area contributed by atoms with Gasteiger partial charge in [-0.25, -0.2) is 0 Å². The summed E-state index contributed by atoms with van der Waals surface area (Å²) in [6, 6.07) is 0.725. The molecule has 0 aromatic rings. The summed E-state index contributed by atoms with van der Waals surface area (Å²) in [5.41, 5.74) is 0.446. The lowest BCUT2D eigenvalue weighted by molar-refractivity contribution is -0.137. The largest absolute Gasteiger partial charge is 0.481 e. The molecule has 0 amide bonds. The third-order valence-electron chi connectivity index (χ3n) is 4.94. The van der Waals surface area contributed by atoms with Gasteiger partial charge in [-0.1, -0.05) is 26.7 Å². The normalized spacial score (nSPS) is 29.3. The second-order valence-corrected chi connectivity index (χ2v) is 6.77. The minimum atomic E-state index is -0.684. The molecule has 0 radical (unpaired) electrons. The van der Waals surface area contributed by atoms with Crippen molar-refractivity contribution in [3.8, 4) is 0 Å². The number of carboxylic acids is 1. The Hall–Kier alpha value is -0.610. The number of rotatable bonds is 4. The van der Waals surface area contributed by atoms with Crippen molar-refractivity contribution in [2.75, 3.05) is 32.7 Å². The van der Waals surface area contributed by atoms with Crippen LogP contribution in [0.3, 0.4) is 0 Å². The molecule has 1 aliphatic heterocycles. The summed E-state index contributed by atoms with van der Waals surface area (Å²) in [6.07, 6.45) is 5.70. The van der Waals surface area contributed by atoms with Gasteiger partial charge in [0.2, 0.25) is 0 Å². The van der Waals surface area contributed by atoms with Crippen molar-refractivity contribution in [2.24, 2.45) is 5.41 Å². The van der Waals surface area contributed by atoms with E-state index in [9.17, 15) is 4.79 Å². The minimum absolute atomic E-state index is 0.273. The molecule has 4 heteroatoms. The van der Waals surface area contributed by atoms with Gasteiger partial charge < -0.3 is 10.0 Å². The van der Waals surface area contributed by atoms with Gasteiger partial charge in [0, 0.05) is 38.8 Å². The Morgan fingerprint density at radius 3 is 2.47 bits per heavy atom. The van der Waals surface area contributed by atoms with E-state index >= 15 is 0 Å². The minimum Gasteiger partial charge on any atom is -0.481 e. The van der Waals surface area contributed by atoms with Gasteiger partial charge in [-0.15, -0.1) is 0 Å². The molecule has 0 spiro atoms. The fraction of sp³-hybridized carbons (Fsp3) is 0.933. The van der Waals surface area contributed by atoms with Gasteiger partial charge in [-0.3, -0.25) is 9.69 Å². The molecule has 19 heavy (non-hydrogen) atoms. The van der Waals surface area contributed by atoms with Crippen LogP contribution in [0, 0.1) is 5.41 Å². The number of carboxylic acid groups (broad SMARTS) is 1. The van der Waals surface area contributed by atoms with Crippen LogP contribution in [-0.4, -0.2) is 59.6 Å². The highest BCUT2D eigenvalue weighted by Gasteiger charge is 2.37. The van der Waals surface area contributed by atoms with E-state index in [4.69, 9.17) is 5.11 Å². The average Bonchev–Trinajstić information content (AvgIpc) is 2.37. The highest BCUT2D eigenvalue weighted by molar-refractivity contribution is 5.66. The SMILES string of the molecule is CC1(C)CCCCC1N1CCN(CCC(=O)O)CC1. The number of nitrogens with zero attached hydrogens (tertiary/aromatic N) is 2. The molecule has 1 unspecified atom stereocenters. The molecule has 1 N–H and O–H groups in total. The van der Waals surface area contributed by atoms with Crippen LogP contribution in [0.15, 0.2) is 0 Å². The highest BCUT2D eigenvalue weighted by Crippen LogP contribution is 2.38. The fourth-order valence-corrected chi connectivity index (χ4v) is 3.70. The maximum Gasteiger partial charge on any atom is 0.304 e. The van der Waals surface area contributed by atoms with Crippen molar-refractivity contribution in [2.45, 2.75) is 52.0 Å². The van der Waals surface area contributed by atoms with Crippen molar-refractivity contribution in [1.82, 2.24) is 9.80 Å². The van der Waals surface area contributed by atoms with Crippen LogP contribution in [0.1, 0.15) is 46.0 Å². The number of hydrogen-bond acceptors (Lipinski definition) is 3. The molecule has 2 fully saturated rings. The molecule has 1 atom stereocenters. The number of piperazine rings is 1. The van der Waals surface area contributed by atoms with E-state index in [1.807, 2.05) is 0 Å². The molecule has 4 nitrogen and oxygen atoms in total. The molecule has 2 rings (SSSR count). The van der Waals surface area contributed by atoms with Gasteiger partial charge in [0.1, 0.15) is 0 Å². The molecular formula is C15H28N2O2. The zero-order valence-electron chi connectivity index (χ0n) is 12.4. The van der Waals surface area contributed by atoms with E-state index in [2.05, 4.69) is 23.6 Å². The lowest BCUT2D eigenvalue weighted by Crippen LogP contribution is -2.55. The summed E-state index contributed by atoms with van der Waals surface area (Å²) in [7, 11) is 0. The number of hydrogen-bond donors (Lipinski definition) is 1. The third kappa shape index (κ3) is 3.93. The predicted octanol–water partition coefficient (Wildman–Crippen LogP) is 2.05. The zero-order chi connectivity index (χ0) is 13.9. The highest BCUT2D eigenvalue weighted by atomic mass is 16.4. The van der Waals surface area contributed by atoms with Gasteiger partial charge in [0.15, 0.2) is 0 Å². The van der Waals surface area contributed by atoms with Crippen LogP contribution in [-0.2, 0) is 4.79 Å². The maximum absolute atomic E-state index is 10.6. The Bertz CT molecular complexity index is 309. The molecule has 0 aromatic heterocycles. The summed E-state index contributed by atoms with van der Waals surface area (Å²) < 4.78 is 0. The van der Waals surface area contributed by atoms with Crippen LogP contribution >= 0.6 is 0 Å². The summed E-state index contributed by atoms with van der Waals surface area (Å²) in [5, 5.41) is 8.73. The number of carbonyl (C=O) groups is 1. The smallest absolute Gasteiger partial charge is 0.304 e. The van der Waals surface area contributed by atoms with Crippen LogP contribution < -0.4 is 0 Å². The van der Waals surface area contributed by atoms with Crippen LogP contribution in [0.5, 0.6) is 0 Å². The molecule has 1 aliphatic carbocycles. The molecule has 110 valence electrons. The fourth-order valence-electron chi connectivity index (χ4n) is 3.70. The number of aliphatic carboxylic acids is 1. The van der Waals surface area contributed by atoms with Gasteiger partial charge >= 0.3 is 5.97 Å². The molecule has 0 bridgehead atoms. The first-order chi connectivity index (χ1) is 8.99. The molecule has 0 aromatic carbocycles. The van der Waals surface area contributed by atoms with Gasteiger partial charge in [-0.05, 0) is 18.3 Å². The molecular weight excluding hydrogens is 240 g/mol. The summed E-state index contributed by atoms with van der Waals surface area (Å²) in [4.78, 5) is 15.5. The van der Waals surface area contributed by atoms with Crippen molar-refractivity contribution in [1.29, 1.82) is 0 Å². The van der Waals surface area contributed by atoms with E-state index in [1.165, 1.54) is 25.7 Å².